The molecule has 0 aromatic heterocycles. The normalized spacial score (nSPS) is 28.8. The fourth-order valence-electron chi connectivity index (χ4n) is 3.57. The van der Waals surface area contributed by atoms with Crippen LogP contribution in [0.4, 0.5) is 4.39 Å². The topological polar surface area (TPSA) is 43.4 Å². The molecule has 0 amide bonds. The summed E-state index contributed by atoms with van der Waals surface area (Å²) in [6.45, 7) is 0.478. The summed E-state index contributed by atoms with van der Waals surface area (Å²) in [5.41, 5.74) is 0. The molecule has 0 heterocycles. The number of fused-ring (bicyclic) bond motifs is 2. The number of rotatable bonds is 4. The van der Waals surface area contributed by atoms with Crippen molar-refractivity contribution < 1.29 is 17.5 Å². The van der Waals surface area contributed by atoms with E-state index in [1.54, 1.807) is 0 Å². The summed E-state index contributed by atoms with van der Waals surface area (Å²) < 4.78 is 41.7. The van der Waals surface area contributed by atoms with E-state index in [-0.39, 0.29) is 10.6 Å². The van der Waals surface area contributed by atoms with E-state index in [0.717, 1.165) is 18.4 Å². The quantitative estimate of drug-likeness (QED) is 0.797. The predicted octanol–water partition coefficient (Wildman–Crippen LogP) is 3.57. The number of benzene rings is 1. The van der Waals surface area contributed by atoms with E-state index < -0.39 is 14.9 Å². The maximum Gasteiger partial charge on any atom is 0.265 e. The van der Waals surface area contributed by atoms with Gasteiger partial charge in [0.15, 0.2) is 0 Å². The fourth-order valence-corrected chi connectivity index (χ4v) is 4.55. The summed E-state index contributed by atoms with van der Waals surface area (Å²) in [4.78, 5) is -0.290. The summed E-state index contributed by atoms with van der Waals surface area (Å²) in [6.07, 6.45) is 4.95. The fraction of sp³-hybridized carbons (Fsp3) is 0.571. The van der Waals surface area contributed by atoms with E-state index >= 15 is 0 Å². The lowest BCUT2D eigenvalue weighted by molar-refractivity contribution is 0.191. The molecule has 110 valence electrons. The van der Waals surface area contributed by atoms with Gasteiger partial charge in [-0.25, -0.2) is 12.8 Å². The second-order valence-electron chi connectivity index (χ2n) is 5.77. The predicted molar refractivity (Wildman–Crippen MR) is 73.9 cm³/mol. The zero-order valence-corrected chi connectivity index (χ0v) is 12.5. The lowest BCUT2D eigenvalue weighted by atomic mass is 9.89. The third kappa shape index (κ3) is 2.79. The molecule has 1 aromatic carbocycles. The van der Waals surface area contributed by atoms with Crippen LogP contribution in [0.5, 0.6) is 5.75 Å². The molecule has 0 N–H and O–H groups in total. The second-order valence-corrected chi connectivity index (χ2v) is 8.31. The van der Waals surface area contributed by atoms with Crippen molar-refractivity contribution in [1.29, 1.82) is 0 Å². The zero-order chi connectivity index (χ0) is 14.3. The van der Waals surface area contributed by atoms with Crippen LogP contribution >= 0.6 is 10.7 Å². The molecule has 1 aromatic rings. The average Bonchev–Trinajstić information content (AvgIpc) is 2.98. The third-order valence-corrected chi connectivity index (χ3v) is 5.85. The third-order valence-electron chi connectivity index (χ3n) is 4.51. The largest absolute Gasteiger partial charge is 0.492 e. The molecule has 0 spiro atoms. The Morgan fingerprint density at radius 3 is 2.70 bits per heavy atom. The first-order chi connectivity index (χ1) is 9.43. The van der Waals surface area contributed by atoms with Crippen LogP contribution in [0.2, 0.25) is 0 Å². The van der Waals surface area contributed by atoms with Crippen LogP contribution < -0.4 is 4.74 Å². The molecule has 2 aliphatic carbocycles. The molecule has 2 saturated carbocycles. The van der Waals surface area contributed by atoms with Crippen LogP contribution in [-0.2, 0) is 9.05 Å². The highest BCUT2D eigenvalue weighted by Gasteiger charge is 2.39. The maximum atomic E-state index is 13.2. The van der Waals surface area contributed by atoms with Crippen molar-refractivity contribution in [2.24, 2.45) is 17.8 Å². The summed E-state index contributed by atoms with van der Waals surface area (Å²) in [5.74, 6) is 1.47. The minimum Gasteiger partial charge on any atom is -0.492 e. The smallest absolute Gasteiger partial charge is 0.265 e. The van der Waals surface area contributed by atoms with Gasteiger partial charge < -0.3 is 4.74 Å². The molecule has 20 heavy (non-hydrogen) atoms. The molecule has 2 fully saturated rings. The van der Waals surface area contributed by atoms with Crippen molar-refractivity contribution in [1.82, 2.24) is 0 Å². The van der Waals surface area contributed by atoms with Crippen molar-refractivity contribution in [3.8, 4) is 5.75 Å². The minimum atomic E-state index is -4.00. The van der Waals surface area contributed by atoms with E-state index in [9.17, 15) is 12.8 Å². The molecule has 3 unspecified atom stereocenters. The second kappa shape index (κ2) is 5.19. The van der Waals surface area contributed by atoms with Crippen molar-refractivity contribution in [3.05, 3.63) is 24.0 Å². The first kappa shape index (κ1) is 14.1. The monoisotopic (exact) mass is 318 g/mol. The van der Waals surface area contributed by atoms with Gasteiger partial charge in [-0.3, -0.25) is 0 Å². The van der Waals surface area contributed by atoms with Gasteiger partial charge in [0.1, 0.15) is 16.5 Å². The summed E-state index contributed by atoms with van der Waals surface area (Å²) in [6, 6.07) is 3.41. The molecule has 0 saturated heterocycles. The molecule has 3 nitrogen and oxygen atoms in total. The highest BCUT2D eigenvalue weighted by atomic mass is 35.7. The van der Waals surface area contributed by atoms with Crippen molar-refractivity contribution in [3.63, 3.8) is 0 Å². The Kier molecular flexibility index (Phi) is 3.67. The number of halogens is 2. The van der Waals surface area contributed by atoms with Gasteiger partial charge in [0, 0.05) is 10.7 Å². The van der Waals surface area contributed by atoms with Gasteiger partial charge in [0.05, 0.1) is 6.61 Å². The minimum absolute atomic E-state index is 0.143. The van der Waals surface area contributed by atoms with Crippen molar-refractivity contribution in [2.45, 2.75) is 30.6 Å². The average molecular weight is 319 g/mol. The van der Waals surface area contributed by atoms with Crippen LogP contribution in [0.1, 0.15) is 25.7 Å². The van der Waals surface area contributed by atoms with Gasteiger partial charge in [-0.05, 0) is 55.2 Å². The van der Waals surface area contributed by atoms with Gasteiger partial charge >= 0.3 is 0 Å². The standard InChI is InChI=1S/C14H16ClFO3S/c15-20(17,18)14-7-12(16)3-4-13(14)19-8-11-6-9-1-2-10(11)5-9/h3-4,7,9-11H,1-2,5-6,8H2. The molecule has 2 aliphatic rings. The summed E-state index contributed by atoms with van der Waals surface area (Å²) in [5, 5.41) is 0. The first-order valence-corrected chi connectivity index (χ1v) is 9.11. The van der Waals surface area contributed by atoms with Crippen molar-refractivity contribution in [2.75, 3.05) is 6.61 Å². The Hall–Kier alpha value is -0.810. The van der Waals surface area contributed by atoms with E-state index in [1.165, 1.54) is 31.4 Å². The van der Waals surface area contributed by atoms with Crippen LogP contribution in [0.25, 0.3) is 0 Å². The number of ether oxygens (including phenoxy) is 1. The number of hydrogen-bond acceptors (Lipinski definition) is 3. The summed E-state index contributed by atoms with van der Waals surface area (Å²) in [7, 11) is 1.31. The first-order valence-electron chi connectivity index (χ1n) is 6.80. The Balaban J connectivity index is 1.74. The van der Waals surface area contributed by atoms with Gasteiger partial charge in [-0.2, -0.15) is 0 Å². The van der Waals surface area contributed by atoms with Crippen LogP contribution in [0.15, 0.2) is 23.1 Å². The molecule has 2 bridgehead atoms. The molecule has 0 radical (unpaired) electrons. The molecule has 0 aliphatic heterocycles. The molecule has 3 atom stereocenters. The lowest BCUT2D eigenvalue weighted by Gasteiger charge is -2.22. The molecule has 6 heteroatoms. The Morgan fingerprint density at radius 1 is 1.30 bits per heavy atom. The van der Waals surface area contributed by atoms with E-state index in [0.29, 0.717) is 18.4 Å². The van der Waals surface area contributed by atoms with E-state index in [2.05, 4.69) is 0 Å². The van der Waals surface area contributed by atoms with Crippen LogP contribution in [0, 0.1) is 23.6 Å². The van der Waals surface area contributed by atoms with Gasteiger partial charge in [0.25, 0.3) is 9.05 Å². The van der Waals surface area contributed by atoms with Crippen LogP contribution in [-0.4, -0.2) is 15.0 Å². The van der Waals surface area contributed by atoms with Crippen molar-refractivity contribution >= 4 is 19.7 Å². The maximum absolute atomic E-state index is 13.2. The SMILES string of the molecule is O=S(=O)(Cl)c1cc(F)ccc1OCC1CC2CCC1C2. The Morgan fingerprint density at radius 2 is 2.10 bits per heavy atom. The zero-order valence-electron chi connectivity index (χ0n) is 10.9. The highest BCUT2D eigenvalue weighted by Crippen LogP contribution is 2.48. The molecular weight excluding hydrogens is 303 g/mol. The van der Waals surface area contributed by atoms with Gasteiger partial charge in [-0.1, -0.05) is 6.42 Å². The van der Waals surface area contributed by atoms with Gasteiger partial charge in [-0.15, -0.1) is 0 Å². The molecular formula is C14H16ClFO3S. The molecule has 3 rings (SSSR count). The van der Waals surface area contributed by atoms with E-state index in [4.69, 9.17) is 15.4 Å². The van der Waals surface area contributed by atoms with Crippen LogP contribution in [0.3, 0.4) is 0 Å². The summed E-state index contributed by atoms with van der Waals surface area (Å²) >= 11 is 0. The number of hydrogen-bond donors (Lipinski definition) is 0. The Bertz CT molecular complexity index is 617. The Labute approximate surface area is 122 Å². The van der Waals surface area contributed by atoms with E-state index in [1.807, 2.05) is 0 Å². The highest BCUT2D eigenvalue weighted by molar-refractivity contribution is 8.13. The van der Waals surface area contributed by atoms with Gasteiger partial charge in [0.2, 0.25) is 0 Å². The lowest BCUT2D eigenvalue weighted by Crippen LogP contribution is -2.19.